The van der Waals surface area contributed by atoms with Crippen molar-refractivity contribution in [2.75, 3.05) is 7.05 Å². The standard InChI is InChI=1S/C18H15F3N2O2S2/c1-23(27(24,25)16-5-3-2-4-6-16)11-15-12-26-17(22-15)13-7-9-14(10-8-13)18(19,20)21/h2-10,12H,11H2,1H3. The third-order valence-electron chi connectivity index (χ3n) is 3.85. The first-order chi connectivity index (χ1) is 12.7. The average molecular weight is 412 g/mol. The minimum Gasteiger partial charge on any atom is -0.240 e. The van der Waals surface area contributed by atoms with Gasteiger partial charge >= 0.3 is 6.18 Å². The first-order valence-electron chi connectivity index (χ1n) is 7.81. The lowest BCUT2D eigenvalue weighted by molar-refractivity contribution is -0.137. The molecule has 0 aliphatic rings. The summed E-state index contributed by atoms with van der Waals surface area (Å²) in [6, 6.07) is 12.8. The van der Waals surface area contributed by atoms with Gasteiger partial charge in [-0.2, -0.15) is 17.5 Å². The van der Waals surface area contributed by atoms with Crippen LogP contribution in [0.15, 0.2) is 64.9 Å². The number of nitrogens with zero attached hydrogens (tertiary/aromatic N) is 2. The van der Waals surface area contributed by atoms with Gasteiger partial charge in [-0.05, 0) is 24.3 Å². The molecule has 0 aliphatic carbocycles. The van der Waals surface area contributed by atoms with Gasteiger partial charge in [0.1, 0.15) is 5.01 Å². The van der Waals surface area contributed by atoms with Crippen molar-refractivity contribution in [2.45, 2.75) is 17.6 Å². The Balaban J connectivity index is 1.76. The molecule has 1 aromatic heterocycles. The first-order valence-corrected chi connectivity index (χ1v) is 10.1. The molecule has 0 saturated heterocycles. The average Bonchev–Trinajstić information content (AvgIpc) is 3.10. The number of hydrogen-bond donors (Lipinski definition) is 0. The Morgan fingerprint density at radius 2 is 1.67 bits per heavy atom. The highest BCUT2D eigenvalue weighted by atomic mass is 32.2. The summed E-state index contributed by atoms with van der Waals surface area (Å²) in [6.07, 6.45) is -4.39. The van der Waals surface area contributed by atoms with Crippen LogP contribution in [0.1, 0.15) is 11.3 Å². The maximum absolute atomic E-state index is 12.6. The van der Waals surface area contributed by atoms with Crippen LogP contribution in [0.3, 0.4) is 0 Å². The van der Waals surface area contributed by atoms with Gasteiger partial charge in [-0.1, -0.05) is 30.3 Å². The van der Waals surface area contributed by atoms with Crippen molar-refractivity contribution in [3.63, 3.8) is 0 Å². The van der Waals surface area contributed by atoms with E-state index >= 15 is 0 Å². The summed E-state index contributed by atoms with van der Waals surface area (Å²) in [4.78, 5) is 4.54. The minimum atomic E-state index is -4.39. The van der Waals surface area contributed by atoms with E-state index in [2.05, 4.69) is 4.98 Å². The molecule has 27 heavy (non-hydrogen) atoms. The van der Waals surface area contributed by atoms with Crippen LogP contribution >= 0.6 is 11.3 Å². The van der Waals surface area contributed by atoms with E-state index in [1.807, 2.05) is 0 Å². The fourth-order valence-electron chi connectivity index (χ4n) is 2.40. The van der Waals surface area contributed by atoms with Crippen LogP contribution in [0.4, 0.5) is 13.2 Å². The molecule has 1 heterocycles. The van der Waals surface area contributed by atoms with Crippen LogP contribution in [0, 0.1) is 0 Å². The predicted molar refractivity (Wildman–Crippen MR) is 97.6 cm³/mol. The lowest BCUT2D eigenvalue weighted by atomic mass is 10.1. The predicted octanol–water partition coefficient (Wildman–Crippen LogP) is 4.65. The molecule has 0 unspecified atom stereocenters. The van der Waals surface area contributed by atoms with Gasteiger partial charge < -0.3 is 0 Å². The molecule has 0 fully saturated rings. The first kappa shape index (κ1) is 19.5. The van der Waals surface area contributed by atoms with E-state index in [1.54, 1.807) is 23.6 Å². The number of thiazole rings is 1. The molecule has 0 spiro atoms. The van der Waals surface area contributed by atoms with Crippen molar-refractivity contribution >= 4 is 21.4 Å². The molecule has 142 valence electrons. The van der Waals surface area contributed by atoms with Crippen LogP contribution in [0.2, 0.25) is 0 Å². The van der Waals surface area contributed by atoms with E-state index in [1.165, 1.54) is 47.0 Å². The third kappa shape index (κ3) is 4.37. The van der Waals surface area contributed by atoms with E-state index < -0.39 is 21.8 Å². The highest BCUT2D eigenvalue weighted by Gasteiger charge is 2.30. The second-order valence-corrected chi connectivity index (χ2v) is 8.70. The summed E-state index contributed by atoms with van der Waals surface area (Å²) in [5.41, 5.74) is 0.349. The Hall–Kier alpha value is -2.23. The lowest BCUT2D eigenvalue weighted by Crippen LogP contribution is -2.26. The molecule has 0 aliphatic heterocycles. The number of rotatable bonds is 5. The van der Waals surface area contributed by atoms with Gasteiger partial charge in [-0.15, -0.1) is 11.3 Å². The molecule has 0 saturated carbocycles. The Bertz CT molecular complexity index is 1010. The summed E-state index contributed by atoms with van der Waals surface area (Å²) in [5.74, 6) is 0. The molecule has 9 heteroatoms. The van der Waals surface area contributed by atoms with Crippen molar-refractivity contribution in [3.8, 4) is 10.6 Å². The third-order valence-corrected chi connectivity index (χ3v) is 6.60. The van der Waals surface area contributed by atoms with Gasteiger partial charge in [-0.25, -0.2) is 13.4 Å². The summed E-state index contributed by atoms with van der Waals surface area (Å²) in [7, 11) is -2.18. The number of halogens is 3. The van der Waals surface area contributed by atoms with Crippen molar-refractivity contribution < 1.29 is 21.6 Å². The molecule has 0 radical (unpaired) electrons. The normalized spacial score (nSPS) is 12.5. The van der Waals surface area contributed by atoms with Crippen molar-refractivity contribution in [1.82, 2.24) is 9.29 Å². The Kier molecular flexibility index (Phi) is 5.36. The summed E-state index contributed by atoms with van der Waals surface area (Å²) in [6.45, 7) is 0.0639. The second-order valence-electron chi connectivity index (χ2n) is 5.79. The van der Waals surface area contributed by atoms with Crippen molar-refractivity contribution in [3.05, 3.63) is 71.2 Å². The molecule has 0 bridgehead atoms. The largest absolute Gasteiger partial charge is 0.416 e. The fraction of sp³-hybridized carbons (Fsp3) is 0.167. The zero-order valence-corrected chi connectivity index (χ0v) is 15.8. The molecule has 0 amide bonds. The van der Waals surface area contributed by atoms with E-state index in [0.717, 1.165) is 12.1 Å². The number of aromatic nitrogens is 1. The monoisotopic (exact) mass is 412 g/mol. The summed E-state index contributed by atoms with van der Waals surface area (Å²) in [5, 5.41) is 2.23. The quantitative estimate of drug-likeness (QED) is 0.613. The number of benzene rings is 2. The zero-order valence-electron chi connectivity index (χ0n) is 14.1. The van der Waals surface area contributed by atoms with Gasteiger partial charge in [0.15, 0.2) is 0 Å². The maximum atomic E-state index is 12.6. The highest BCUT2D eigenvalue weighted by Crippen LogP contribution is 2.32. The Labute approximate surface area is 159 Å². The second kappa shape index (κ2) is 7.41. The number of sulfonamides is 1. The van der Waals surface area contributed by atoms with Crippen LogP contribution in [-0.2, 0) is 22.7 Å². The molecular weight excluding hydrogens is 397 g/mol. The van der Waals surface area contributed by atoms with Gasteiger partial charge in [0, 0.05) is 18.0 Å². The molecule has 0 atom stereocenters. The van der Waals surface area contributed by atoms with Crippen LogP contribution in [0.5, 0.6) is 0 Å². The van der Waals surface area contributed by atoms with E-state index in [-0.39, 0.29) is 11.4 Å². The molecular formula is C18H15F3N2O2S2. The van der Waals surface area contributed by atoms with Crippen molar-refractivity contribution in [2.24, 2.45) is 0 Å². The van der Waals surface area contributed by atoms with Crippen molar-refractivity contribution in [1.29, 1.82) is 0 Å². The van der Waals surface area contributed by atoms with Gasteiger partial charge in [0.05, 0.1) is 22.7 Å². The summed E-state index contributed by atoms with van der Waals surface area (Å²) >= 11 is 1.25. The zero-order chi connectivity index (χ0) is 19.7. The lowest BCUT2D eigenvalue weighted by Gasteiger charge is -2.15. The van der Waals surface area contributed by atoms with Gasteiger partial charge in [0.25, 0.3) is 0 Å². The Morgan fingerprint density at radius 3 is 2.26 bits per heavy atom. The SMILES string of the molecule is CN(Cc1csc(-c2ccc(C(F)(F)F)cc2)n1)S(=O)(=O)c1ccccc1. The highest BCUT2D eigenvalue weighted by molar-refractivity contribution is 7.89. The Morgan fingerprint density at radius 1 is 1.04 bits per heavy atom. The van der Waals surface area contributed by atoms with E-state index in [0.29, 0.717) is 16.3 Å². The fourth-order valence-corrected chi connectivity index (χ4v) is 4.38. The van der Waals surface area contributed by atoms with Crippen LogP contribution in [0.25, 0.3) is 10.6 Å². The molecule has 3 rings (SSSR count). The van der Waals surface area contributed by atoms with Gasteiger partial charge in [0.2, 0.25) is 10.0 Å². The molecule has 3 aromatic rings. The van der Waals surface area contributed by atoms with Gasteiger partial charge in [-0.3, -0.25) is 0 Å². The smallest absolute Gasteiger partial charge is 0.240 e. The minimum absolute atomic E-state index is 0.0639. The number of alkyl halides is 3. The topological polar surface area (TPSA) is 50.3 Å². The van der Waals surface area contributed by atoms with E-state index in [4.69, 9.17) is 0 Å². The number of hydrogen-bond acceptors (Lipinski definition) is 4. The van der Waals surface area contributed by atoms with Crippen LogP contribution < -0.4 is 0 Å². The summed E-state index contributed by atoms with van der Waals surface area (Å²) < 4.78 is 64.2. The maximum Gasteiger partial charge on any atom is 0.416 e. The molecule has 4 nitrogen and oxygen atoms in total. The van der Waals surface area contributed by atoms with Crippen LogP contribution in [-0.4, -0.2) is 24.8 Å². The molecule has 0 N–H and O–H groups in total. The molecule has 2 aromatic carbocycles. The van der Waals surface area contributed by atoms with E-state index in [9.17, 15) is 21.6 Å².